The minimum absolute atomic E-state index is 0.207. The quantitative estimate of drug-likeness (QED) is 0.525. The van der Waals surface area contributed by atoms with E-state index < -0.39 is 11.7 Å². The number of ether oxygens (including phenoxy) is 1. The molecule has 3 aromatic rings. The molecule has 9 heteroatoms. The fourth-order valence-electron chi connectivity index (χ4n) is 3.45. The summed E-state index contributed by atoms with van der Waals surface area (Å²) in [5.41, 5.74) is 1.40. The van der Waals surface area contributed by atoms with Crippen LogP contribution in [-0.4, -0.2) is 34.2 Å². The van der Waals surface area contributed by atoms with Crippen molar-refractivity contribution in [2.45, 2.75) is 19.0 Å². The van der Waals surface area contributed by atoms with E-state index in [0.717, 1.165) is 30.5 Å². The van der Waals surface area contributed by atoms with Crippen molar-refractivity contribution in [3.63, 3.8) is 0 Å². The van der Waals surface area contributed by atoms with Gasteiger partial charge >= 0.3 is 12.2 Å². The highest BCUT2D eigenvalue weighted by Gasteiger charge is 2.30. The van der Waals surface area contributed by atoms with E-state index in [-0.39, 0.29) is 6.03 Å². The summed E-state index contributed by atoms with van der Waals surface area (Å²) in [4.78, 5) is 14.1. The molecule has 170 valence electrons. The number of anilines is 1. The summed E-state index contributed by atoms with van der Waals surface area (Å²) in [6, 6.07) is 15.1. The third-order valence-electron chi connectivity index (χ3n) is 5.15. The molecule has 1 aliphatic heterocycles. The molecular weight excluding hydrogens is 433 g/mol. The van der Waals surface area contributed by atoms with Crippen LogP contribution in [0.3, 0.4) is 0 Å². The summed E-state index contributed by atoms with van der Waals surface area (Å²) >= 11 is 0. The van der Waals surface area contributed by atoms with Gasteiger partial charge in [0.05, 0.1) is 5.56 Å². The molecule has 0 aliphatic carbocycles. The van der Waals surface area contributed by atoms with E-state index in [4.69, 9.17) is 4.74 Å². The van der Waals surface area contributed by atoms with Gasteiger partial charge in [-0.1, -0.05) is 23.8 Å². The molecule has 6 nitrogen and oxygen atoms in total. The first kappa shape index (κ1) is 22.3. The number of benzene rings is 2. The van der Waals surface area contributed by atoms with Gasteiger partial charge in [0.15, 0.2) is 5.82 Å². The molecule has 0 atom stereocenters. The van der Waals surface area contributed by atoms with Crippen LogP contribution < -0.4 is 10.1 Å². The topological polar surface area (TPSA) is 67.4 Å². The van der Waals surface area contributed by atoms with Gasteiger partial charge in [-0.05, 0) is 66.9 Å². The number of halogens is 3. The summed E-state index contributed by atoms with van der Waals surface area (Å²) in [5.74, 6) is 1.27. The zero-order chi connectivity index (χ0) is 23.3. The molecule has 2 amide bonds. The van der Waals surface area contributed by atoms with E-state index in [2.05, 4.69) is 21.6 Å². The van der Waals surface area contributed by atoms with Crippen LogP contribution in [0.25, 0.3) is 6.08 Å². The lowest BCUT2D eigenvalue weighted by Crippen LogP contribution is -2.39. The van der Waals surface area contributed by atoms with Gasteiger partial charge in [-0.15, -0.1) is 5.10 Å². The summed E-state index contributed by atoms with van der Waals surface area (Å²) in [6.45, 7) is 1.17. The third kappa shape index (κ3) is 6.09. The predicted molar refractivity (Wildman–Crippen MR) is 118 cm³/mol. The van der Waals surface area contributed by atoms with Gasteiger partial charge in [-0.25, -0.2) is 4.79 Å². The molecule has 1 saturated heterocycles. The summed E-state index contributed by atoms with van der Waals surface area (Å²) in [6.07, 6.45) is 0.682. The molecule has 0 unspecified atom stereocenters. The normalized spacial score (nSPS) is 14.0. The van der Waals surface area contributed by atoms with Gasteiger partial charge < -0.3 is 9.64 Å². The van der Waals surface area contributed by atoms with Crippen LogP contribution in [0.4, 0.5) is 23.8 Å². The second-order valence-electron chi connectivity index (χ2n) is 7.53. The maximum Gasteiger partial charge on any atom is 0.416 e. The van der Waals surface area contributed by atoms with Crippen LogP contribution in [0.15, 0.2) is 72.4 Å². The molecule has 2 heterocycles. The van der Waals surface area contributed by atoms with Crippen LogP contribution in [0.1, 0.15) is 24.0 Å². The number of hydrogen-bond acceptors (Lipinski definition) is 4. The SMILES string of the molecule is O=C(Nc1cccnn1)N1CCC(=Cc2cccc(Oc3ccc(C(F)(F)F)cc3)c2)CC1. The lowest BCUT2D eigenvalue weighted by Gasteiger charge is -2.28. The average molecular weight is 454 g/mol. The number of likely N-dealkylation sites (tertiary alicyclic amines) is 1. The Morgan fingerprint density at radius 1 is 1.00 bits per heavy atom. The lowest BCUT2D eigenvalue weighted by molar-refractivity contribution is -0.137. The van der Waals surface area contributed by atoms with Crippen molar-refractivity contribution < 1.29 is 22.7 Å². The summed E-state index contributed by atoms with van der Waals surface area (Å²) < 4.78 is 43.8. The highest BCUT2D eigenvalue weighted by Crippen LogP contribution is 2.31. The Kier molecular flexibility index (Phi) is 6.58. The Labute approximate surface area is 188 Å². The molecule has 1 fully saturated rings. The minimum Gasteiger partial charge on any atom is -0.457 e. The van der Waals surface area contributed by atoms with Crippen molar-refractivity contribution in [2.75, 3.05) is 18.4 Å². The van der Waals surface area contributed by atoms with Crippen molar-refractivity contribution in [1.29, 1.82) is 0 Å². The minimum atomic E-state index is -4.38. The largest absolute Gasteiger partial charge is 0.457 e. The molecule has 1 aliphatic rings. The number of carbonyl (C=O) groups is 1. The van der Waals surface area contributed by atoms with Gasteiger partial charge in [0.25, 0.3) is 0 Å². The molecule has 0 radical (unpaired) electrons. The number of piperidine rings is 1. The predicted octanol–water partition coefficient (Wildman–Crippen LogP) is 6.00. The number of aromatic nitrogens is 2. The number of carbonyl (C=O) groups excluding carboxylic acids is 1. The summed E-state index contributed by atoms with van der Waals surface area (Å²) in [5, 5.41) is 10.3. The Morgan fingerprint density at radius 2 is 1.76 bits per heavy atom. The Bertz CT molecular complexity index is 1120. The van der Waals surface area contributed by atoms with Crippen molar-refractivity contribution >= 4 is 17.9 Å². The molecule has 0 saturated carbocycles. The maximum atomic E-state index is 12.7. The Morgan fingerprint density at radius 3 is 2.42 bits per heavy atom. The first-order valence-corrected chi connectivity index (χ1v) is 10.3. The van der Waals surface area contributed by atoms with Gasteiger partial charge in [0.2, 0.25) is 0 Å². The number of amides is 2. The molecule has 4 rings (SSSR count). The number of hydrogen-bond donors (Lipinski definition) is 1. The van der Waals surface area contributed by atoms with Gasteiger partial charge in [0, 0.05) is 19.3 Å². The van der Waals surface area contributed by atoms with Gasteiger partial charge in [0.1, 0.15) is 11.5 Å². The van der Waals surface area contributed by atoms with Crippen LogP contribution in [0.2, 0.25) is 0 Å². The average Bonchev–Trinajstić information content (AvgIpc) is 2.80. The number of alkyl halides is 3. The zero-order valence-corrected chi connectivity index (χ0v) is 17.5. The number of nitrogens with one attached hydrogen (secondary N) is 1. The van der Waals surface area contributed by atoms with E-state index in [1.54, 1.807) is 23.1 Å². The van der Waals surface area contributed by atoms with E-state index in [1.807, 2.05) is 18.2 Å². The highest BCUT2D eigenvalue weighted by atomic mass is 19.4. The van der Waals surface area contributed by atoms with Crippen molar-refractivity contribution in [1.82, 2.24) is 15.1 Å². The number of urea groups is 1. The van der Waals surface area contributed by atoms with Gasteiger partial charge in [-0.3, -0.25) is 5.32 Å². The first-order chi connectivity index (χ1) is 15.9. The van der Waals surface area contributed by atoms with Crippen LogP contribution in [-0.2, 0) is 6.18 Å². The van der Waals surface area contributed by atoms with E-state index in [9.17, 15) is 18.0 Å². The van der Waals surface area contributed by atoms with Gasteiger partial charge in [-0.2, -0.15) is 18.3 Å². The van der Waals surface area contributed by atoms with Crippen LogP contribution >= 0.6 is 0 Å². The zero-order valence-electron chi connectivity index (χ0n) is 17.5. The Balaban J connectivity index is 1.34. The fourth-order valence-corrected chi connectivity index (χ4v) is 3.45. The fraction of sp³-hybridized carbons (Fsp3) is 0.208. The lowest BCUT2D eigenvalue weighted by atomic mass is 10.0. The highest BCUT2D eigenvalue weighted by molar-refractivity contribution is 5.88. The molecule has 33 heavy (non-hydrogen) atoms. The molecule has 0 spiro atoms. The molecular formula is C24H21F3N4O2. The molecule has 1 aromatic heterocycles. The van der Waals surface area contributed by atoms with Crippen LogP contribution in [0.5, 0.6) is 11.5 Å². The smallest absolute Gasteiger partial charge is 0.416 e. The molecule has 0 bridgehead atoms. The third-order valence-corrected chi connectivity index (χ3v) is 5.15. The standard InChI is InChI=1S/C24H21F3N4O2/c25-24(26,27)19-6-8-20(9-7-19)33-21-4-1-3-18(16-21)15-17-10-13-31(14-11-17)23(32)29-22-5-2-12-28-30-22/h1-9,12,15-16H,10-11,13-14H2,(H,29,30,32). The van der Waals surface area contributed by atoms with E-state index in [1.165, 1.54) is 23.9 Å². The Hall–Kier alpha value is -3.88. The molecule has 2 aromatic carbocycles. The second-order valence-corrected chi connectivity index (χ2v) is 7.53. The van der Waals surface area contributed by atoms with Crippen molar-refractivity contribution in [3.8, 4) is 11.5 Å². The summed E-state index contributed by atoms with van der Waals surface area (Å²) in [7, 11) is 0. The number of rotatable bonds is 4. The first-order valence-electron chi connectivity index (χ1n) is 10.3. The van der Waals surface area contributed by atoms with E-state index in [0.29, 0.717) is 30.4 Å². The molecule has 1 N–H and O–H groups in total. The van der Waals surface area contributed by atoms with Crippen LogP contribution in [0, 0.1) is 0 Å². The monoisotopic (exact) mass is 454 g/mol. The maximum absolute atomic E-state index is 12.7. The second kappa shape index (κ2) is 9.72. The number of nitrogens with zero attached hydrogens (tertiary/aromatic N) is 3. The van der Waals surface area contributed by atoms with E-state index >= 15 is 0 Å². The van der Waals surface area contributed by atoms with Crippen molar-refractivity contribution in [2.24, 2.45) is 0 Å². The van der Waals surface area contributed by atoms with Crippen molar-refractivity contribution in [3.05, 3.63) is 83.6 Å².